The lowest BCUT2D eigenvalue weighted by Crippen LogP contribution is -2.33. The van der Waals surface area contributed by atoms with E-state index in [1.165, 1.54) is 22.7 Å². The van der Waals surface area contributed by atoms with Crippen molar-refractivity contribution < 1.29 is 19.2 Å². The van der Waals surface area contributed by atoms with E-state index in [4.69, 9.17) is 0 Å². The Morgan fingerprint density at radius 1 is 1.12 bits per heavy atom. The third-order valence-electron chi connectivity index (χ3n) is 4.61. The first-order chi connectivity index (χ1) is 15.3. The number of benzene rings is 1. The van der Waals surface area contributed by atoms with Gasteiger partial charge in [0.1, 0.15) is 4.83 Å². The highest BCUT2D eigenvalue weighted by atomic mass is 32.1. The molecule has 4 rings (SSSR count). The number of aromatic nitrogens is 1. The van der Waals surface area contributed by atoms with Crippen LogP contribution in [0.4, 0.5) is 21.3 Å². The first kappa shape index (κ1) is 21.7. The molecule has 3 aromatic rings. The number of carbonyl (C=O) groups is 4. The van der Waals surface area contributed by atoms with E-state index < -0.39 is 6.03 Å². The molecule has 3 heterocycles. The highest BCUT2D eigenvalue weighted by Gasteiger charge is 2.28. The van der Waals surface area contributed by atoms with Crippen molar-refractivity contribution in [1.82, 2.24) is 15.2 Å². The van der Waals surface area contributed by atoms with Crippen molar-refractivity contribution >= 4 is 72.5 Å². The fourth-order valence-electron chi connectivity index (χ4n) is 2.97. The summed E-state index contributed by atoms with van der Waals surface area (Å²) in [5.74, 6) is -0.892. The van der Waals surface area contributed by atoms with Gasteiger partial charge < -0.3 is 20.9 Å². The topological polar surface area (TPSA) is 124 Å². The number of rotatable bonds is 7. The van der Waals surface area contributed by atoms with Crippen LogP contribution in [0.25, 0.3) is 9.53 Å². The van der Waals surface area contributed by atoms with Crippen LogP contribution in [0, 0.1) is 0 Å². The van der Waals surface area contributed by atoms with Gasteiger partial charge in [-0.25, -0.2) is 9.78 Å². The fraction of sp³-hybridized carbons (Fsp3) is 0.250. The molecule has 3 N–H and O–H groups in total. The SMILES string of the molecule is CN(C)c1nc2sc(C(=O)Nc3ccc(NC(=O)CCN4C(=O)CNC4=O)cc3)cc2s1. The molecule has 1 saturated heterocycles. The molecule has 1 aliphatic rings. The van der Waals surface area contributed by atoms with Crippen molar-refractivity contribution in [3.8, 4) is 0 Å². The summed E-state index contributed by atoms with van der Waals surface area (Å²) < 4.78 is 0.968. The number of hydrogen-bond acceptors (Lipinski definition) is 8. The lowest BCUT2D eigenvalue weighted by Gasteiger charge is -2.12. The van der Waals surface area contributed by atoms with Crippen LogP contribution in [0.15, 0.2) is 30.3 Å². The van der Waals surface area contributed by atoms with Crippen LogP contribution in [-0.2, 0) is 9.59 Å². The number of amides is 5. The van der Waals surface area contributed by atoms with Crippen LogP contribution in [0.5, 0.6) is 0 Å². The molecule has 0 aliphatic carbocycles. The molecule has 1 fully saturated rings. The molecule has 0 radical (unpaired) electrons. The summed E-state index contributed by atoms with van der Waals surface area (Å²) in [6.45, 7) is -0.0152. The normalized spacial score (nSPS) is 13.4. The fourth-order valence-corrected chi connectivity index (χ4v) is 5.00. The molecule has 5 amide bonds. The second-order valence-electron chi connectivity index (χ2n) is 7.20. The number of thiophene rings is 1. The van der Waals surface area contributed by atoms with E-state index in [2.05, 4.69) is 20.9 Å². The van der Waals surface area contributed by atoms with E-state index in [0.29, 0.717) is 16.3 Å². The molecule has 0 atom stereocenters. The number of thiazole rings is 1. The van der Waals surface area contributed by atoms with E-state index in [-0.39, 0.29) is 37.2 Å². The average molecular weight is 473 g/mol. The number of imide groups is 1. The van der Waals surface area contributed by atoms with Gasteiger partial charge in [0.05, 0.1) is 16.1 Å². The van der Waals surface area contributed by atoms with Crippen LogP contribution in [-0.4, -0.2) is 60.8 Å². The summed E-state index contributed by atoms with van der Waals surface area (Å²) in [5.41, 5.74) is 1.13. The molecule has 1 aromatic carbocycles. The quantitative estimate of drug-likeness (QED) is 0.454. The molecular weight excluding hydrogens is 452 g/mol. The second-order valence-corrected chi connectivity index (χ2v) is 9.24. The van der Waals surface area contributed by atoms with E-state index in [1.807, 2.05) is 25.1 Å². The van der Waals surface area contributed by atoms with Crippen molar-refractivity contribution in [3.05, 3.63) is 35.2 Å². The smallest absolute Gasteiger partial charge is 0.324 e. The predicted octanol–water partition coefficient (Wildman–Crippen LogP) is 2.56. The summed E-state index contributed by atoms with van der Waals surface area (Å²) in [5, 5.41) is 8.84. The first-order valence-corrected chi connectivity index (χ1v) is 11.3. The standard InChI is InChI=1S/C20H20N6O4S2/c1-25(2)20-24-18-14(32-20)9-13(31-18)17(29)23-12-5-3-11(4-6-12)22-15(27)7-8-26-16(28)10-21-19(26)30/h3-6,9H,7-8,10H2,1-2H3,(H,21,30)(H,22,27)(H,23,29). The Kier molecular flexibility index (Phi) is 6.06. The maximum absolute atomic E-state index is 12.6. The van der Waals surface area contributed by atoms with Gasteiger partial charge in [-0.1, -0.05) is 11.3 Å². The number of hydrogen-bond donors (Lipinski definition) is 3. The van der Waals surface area contributed by atoms with Gasteiger partial charge in [-0.05, 0) is 30.3 Å². The minimum atomic E-state index is -0.484. The van der Waals surface area contributed by atoms with Gasteiger partial charge in [0, 0.05) is 38.4 Å². The van der Waals surface area contributed by atoms with Crippen molar-refractivity contribution in [3.63, 3.8) is 0 Å². The average Bonchev–Trinajstić information content (AvgIpc) is 3.42. The Balaban J connectivity index is 1.30. The largest absolute Gasteiger partial charge is 0.354 e. The summed E-state index contributed by atoms with van der Waals surface area (Å²) in [6, 6.07) is 8.05. The molecule has 10 nitrogen and oxygen atoms in total. The van der Waals surface area contributed by atoms with Gasteiger partial charge in [0.15, 0.2) is 5.13 Å². The number of carbonyl (C=O) groups excluding carboxylic acids is 4. The third-order valence-corrected chi connectivity index (χ3v) is 6.94. The summed E-state index contributed by atoms with van der Waals surface area (Å²) in [6.07, 6.45) is -0.00325. The zero-order chi connectivity index (χ0) is 22.8. The molecule has 166 valence electrons. The zero-order valence-electron chi connectivity index (χ0n) is 17.3. The molecule has 0 spiro atoms. The van der Waals surface area contributed by atoms with E-state index in [1.54, 1.807) is 24.3 Å². The molecule has 0 bridgehead atoms. The van der Waals surface area contributed by atoms with Gasteiger partial charge in [0.25, 0.3) is 5.91 Å². The van der Waals surface area contributed by atoms with Gasteiger partial charge in [-0.15, -0.1) is 11.3 Å². The lowest BCUT2D eigenvalue weighted by atomic mass is 10.2. The molecule has 32 heavy (non-hydrogen) atoms. The van der Waals surface area contributed by atoms with E-state index in [9.17, 15) is 19.2 Å². The summed E-state index contributed by atoms with van der Waals surface area (Å²) in [7, 11) is 3.85. The highest BCUT2D eigenvalue weighted by Crippen LogP contribution is 2.34. The third kappa shape index (κ3) is 4.70. The maximum Gasteiger partial charge on any atom is 0.324 e. The number of anilines is 3. The molecule has 2 aromatic heterocycles. The molecular formula is C20H20N6O4S2. The second kappa shape index (κ2) is 8.93. The first-order valence-electron chi connectivity index (χ1n) is 9.67. The van der Waals surface area contributed by atoms with Gasteiger partial charge in [0.2, 0.25) is 11.8 Å². The van der Waals surface area contributed by atoms with Gasteiger partial charge in [-0.3, -0.25) is 19.3 Å². The monoisotopic (exact) mass is 472 g/mol. The Labute approximate surface area is 191 Å². The van der Waals surface area contributed by atoms with E-state index >= 15 is 0 Å². The van der Waals surface area contributed by atoms with E-state index in [0.717, 1.165) is 19.6 Å². The van der Waals surface area contributed by atoms with Crippen LogP contribution >= 0.6 is 22.7 Å². The highest BCUT2D eigenvalue weighted by molar-refractivity contribution is 7.29. The number of fused-ring (bicyclic) bond motifs is 1. The maximum atomic E-state index is 12.6. The number of nitrogens with zero attached hydrogens (tertiary/aromatic N) is 3. The Morgan fingerprint density at radius 3 is 2.41 bits per heavy atom. The van der Waals surface area contributed by atoms with Crippen LogP contribution in [0.3, 0.4) is 0 Å². The van der Waals surface area contributed by atoms with Crippen LogP contribution in [0.2, 0.25) is 0 Å². The minimum Gasteiger partial charge on any atom is -0.354 e. The Bertz CT molecular complexity index is 1150. The van der Waals surface area contributed by atoms with Crippen LogP contribution < -0.4 is 20.9 Å². The molecule has 12 heteroatoms. The summed E-state index contributed by atoms with van der Waals surface area (Å²) >= 11 is 2.87. The minimum absolute atomic E-state index is 0.00325. The Hall–Kier alpha value is -3.51. The van der Waals surface area contributed by atoms with Crippen LogP contribution in [0.1, 0.15) is 16.1 Å². The Morgan fingerprint density at radius 2 is 1.81 bits per heavy atom. The van der Waals surface area contributed by atoms with Gasteiger partial charge >= 0.3 is 6.03 Å². The molecule has 0 unspecified atom stereocenters. The number of urea groups is 1. The lowest BCUT2D eigenvalue weighted by molar-refractivity contribution is -0.125. The predicted molar refractivity (Wildman–Crippen MR) is 125 cm³/mol. The van der Waals surface area contributed by atoms with Crippen molar-refractivity contribution in [2.75, 3.05) is 42.7 Å². The van der Waals surface area contributed by atoms with Crippen molar-refractivity contribution in [1.29, 1.82) is 0 Å². The number of nitrogens with one attached hydrogen (secondary N) is 3. The molecule has 1 aliphatic heterocycles. The van der Waals surface area contributed by atoms with Crippen molar-refractivity contribution in [2.24, 2.45) is 0 Å². The summed E-state index contributed by atoms with van der Waals surface area (Å²) in [4.78, 5) is 56.5. The van der Waals surface area contributed by atoms with Gasteiger partial charge in [-0.2, -0.15) is 0 Å². The van der Waals surface area contributed by atoms with Crippen molar-refractivity contribution in [2.45, 2.75) is 6.42 Å². The molecule has 0 saturated carbocycles. The zero-order valence-corrected chi connectivity index (χ0v) is 18.9.